The van der Waals surface area contributed by atoms with E-state index in [1.807, 2.05) is 25.1 Å². The van der Waals surface area contributed by atoms with Crippen molar-refractivity contribution >= 4 is 29.4 Å². The van der Waals surface area contributed by atoms with Gasteiger partial charge in [-0.15, -0.1) is 6.58 Å². The maximum absolute atomic E-state index is 12.7. The minimum absolute atomic E-state index is 0. The van der Waals surface area contributed by atoms with Gasteiger partial charge in [0.05, 0.1) is 0 Å². The molecule has 1 unspecified atom stereocenters. The van der Waals surface area contributed by atoms with Gasteiger partial charge in [0.25, 0.3) is 11.8 Å². The molecule has 0 spiro atoms. The van der Waals surface area contributed by atoms with Crippen molar-refractivity contribution in [2.24, 2.45) is 0 Å². The molecule has 42 heavy (non-hydrogen) atoms. The zero-order valence-electron chi connectivity index (χ0n) is 23.8. The van der Waals surface area contributed by atoms with Crippen LogP contribution < -0.4 is 0 Å². The van der Waals surface area contributed by atoms with Gasteiger partial charge < -0.3 is 14.5 Å². The number of carbonyl (C=O) groups is 5. The van der Waals surface area contributed by atoms with Crippen molar-refractivity contribution in [2.75, 3.05) is 19.7 Å². The molecule has 4 rings (SSSR count). The number of hydrogen-bond acceptors (Lipinski definition) is 6. The first-order chi connectivity index (χ1) is 19.6. The molecule has 2 aromatic carbocycles. The van der Waals surface area contributed by atoms with Crippen LogP contribution in [0.2, 0.25) is 0 Å². The van der Waals surface area contributed by atoms with E-state index in [1.54, 1.807) is 53.4 Å². The lowest BCUT2D eigenvalue weighted by molar-refractivity contribution is -0.161. The van der Waals surface area contributed by atoms with Gasteiger partial charge in [0.15, 0.2) is 17.1 Å². The standard InChI is InChI=1S/C17H19NO4.C16H19NO2.CH4/c1-3-12-22-16(21)17(2)14(19)10-7-11-18(17)15(20)13-8-5-4-6-9-13;1-3-11-16(2)14(18)10-7-12-17(16)15(19)13-8-5-4-6-9-13;/h3-6,8-9H,1,7,10-12H2,2H3;3-6,8-9H,1,7,10-12H2,2H3;1H4/t;16-;/m.0./s1. The van der Waals surface area contributed by atoms with Gasteiger partial charge in [-0.05, 0) is 57.4 Å². The molecule has 8 nitrogen and oxygen atoms in total. The summed E-state index contributed by atoms with van der Waals surface area (Å²) in [5.74, 6) is -1.29. The third kappa shape index (κ3) is 7.11. The first kappa shape index (κ1) is 33.9. The van der Waals surface area contributed by atoms with E-state index in [1.165, 1.54) is 17.9 Å². The van der Waals surface area contributed by atoms with Gasteiger partial charge in [0.1, 0.15) is 12.1 Å². The van der Waals surface area contributed by atoms with Crippen molar-refractivity contribution in [3.8, 4) is 0 Å². The fourth-order valence-corrected chi connectivity index (χ4v) is 5.19. The monoisotopic (exact) mass is 574 g/mol. The van der Waals surface area contributed by atoms with Crippen molar-refractivity contribution in [1.29, 1.82) is 0 Å². The third-order valence-corrected chi connectivity index (χ3v) is 7.65. The molecule has 2 aliphatic heterocycles. The fourth-order valence-electron chi connectivity index (χ4n) is 5.19. The normalized spacial score (nSPS) is 21.7. The van der Waals surface area contributed by atoms with E-state index in [4.69, 9.17) is 4.74 Å². The molecule has 2 atom stereocenters. The Labute approximate surface area is 249 Å². The van der Waals surface area contributed by atoms with Crippen molar-refractivity contribution in [3.05, 3.63) is 97.1 Å². The number of likely N-dealkylation sites (tertiary alicyclic amines) is 2. The molecule has 2 saturated heterocycles. The van der Waals surface area contributed by atoms with E-state index >= 15 is 0 Å². The molecule has 2 heterocycles. The molecule has 2 amide bonds. The molecule has 0 bridgehead atoms. The predicted molar refractivity (Wildman–Crippen MR) is 163 cm³/mol. The van der Waals surface area contributed by atoms with Crippen LogP contribution in [0.15, 0.2) is 86.0 Å². The first-order valence-electron chi connectivity index (χ1n) is 13.8. The van der Waals surface area contributed by atoms with Crippen LogP contribution in [0.3, 0.4) is 0 Å². The Morgan fingerprint density at radius 1 is 0.786 bits per heavy atom. The quantitative estimate of drug-likeness (QED) is 0.248. The number of amides is 2. The number of benzene rings is 2. The zero-order chi connectivity index (χ0) is 30.0. The summed E-state index contributed by atoms with van der Waals surface area (Å²) in [6.07, 6.45) is 5.74. The Morgan fingerprint density at radius 3 is 1.76 bits per heavy atom. The highest BCUT2D eigenvalue weighted by molar-refractivity contribution is 6.13. The summed E-state index contributed by atoms with van der Waals surface area (Å²) < 4.78 is 5.05. The average molecular weight is 575 g/mol. The minimum atomic E-state index is -1.58. The molecule has 0 aliphatic carbocycles. The Kier molecular flexibility index (Phi) is 12.1. The topological polar surface area (TPSA) is 101 Å². The van der Waals surface area contributed by atoms with Gasteiger partial charge in [0, 0.05) is 37.1 Å². The molecule has 2 aromatic rings. The fraction of sp³-hybridized carbons (Fsp3) is 0.382. The lowest BCUT2D eigenvalue weighted by Crippen LogP contribution is -2.63. The van der Waals surface area contributed by atoms with Crippen LogP contribution in [-0.4, -0.2) is 69.9 Å². The average Bonchev–Trinajstić information content (AvgIpc) is 2.99. The number of hydrogen-bond donors (Lipinski definition) is 0. The highest BCUT2D eigenvalue weighted by Gasteiger charge is 2.51. The number of ketones is 2. The van der Waals surface area contributed by atoms with E-state index < -0.39 is 17.0 Å². The van der Waals surface area contributed by atoms with E-state index in [0.29, 0.717) is 43.5 Å². The van der Waals surface area contributed by atoms with E-state index in [0.717, 1.165) is 6.42 Å². The van der Waals surface area contributed by atoms with Crippen LogP contribution >= 0.6 is 0 Å². The summed E-state index contributed by atoms with van der Waals surface area (Å²) in [7, 11) is 0. The van der Waals surface area contributed by atoms with Crippen LogP contribution in [-0.2, 0) is 19.1 Å². The lowest BCUT2D eigenvalue weighted by Gasteiger charge is -2.43. The van der Waals surface area contributed by atoms with Gasteiger partial charge >= 0.3 is 5.97 Å². The third-order valence-electron chi connectivity index (χ3n) is 7.65. The van der Waals surface area contributed by atoms with Gasteiger partial charge in [0.2, 0.25) is 0 Å². The smallest absolute Gasteiger partial charge is 0.339 e. The van der Waals surface area contributed by atoms with Crippen LogP contribution in [0, 0.1) is 0 Å². The van der Waals surface area contributed by atoms with Crippen molar-refractivity contribution in [3.63, 3.8) is 0 Å². The summed E-state index contributed by atoms with van der Waals surface area (Å²) in [6, 6.07) is 17.7. The van der Waals surface area contributed by atoms with Crippen LogP contribution in [0.5, 0.6) is 0 Å². The van der Waals surface area contributed by atoms with E-state index in [-0.39, 0.29) is 43.8 Å². The van der Waals surface area contributed by atoms with Gasteiger partial charge in [-0.2, -0.15) is 0 Å². The van der Waals surface area contributed by atoms with Crippen LogP contribution in [0.25, 0.3) is 0 Å². The maximum Gasteiger partial charge on any atom is 0.339 e. The number of esters is 1. The molecular formula is C34H42N2O6. The summed E-state index contributed by atoms with van der Waals surface area (Å²) >= 11 is 0. The number of piperidine rings is 2. The number of nitrogens with zero attached hydrogens (tertiary/aromatic N) is 2. The van der Waals surface area contributed by atoms with Crippen molar-refractivity contribution < 1.29 is 28.7 Å². The Balaban J connectivity index is 0.000000289. The van der Waals surface area contributed by atoms with Crippen molar-refractivity contribution in [1.82, 2.24) is 9.80 Å². The highest BCUT2D eigenvalue weighted by Crippen LogP contribution is 2.30. The summed E-state index contributed by atoms with van der Waals surface area (Å²) in [4.78, 5) is 65.2. The van der Waals surface area contributed by atoms with Gasteiger partial charge in [-0.3, -0.25) is 19.2 Å². The molecule has 8 heteroatoms. The molecule has 0 radical (unpaired) electrons. The Morgan fingerprint density at radius 2 is 1.26 bits per heavy atom. The number of carbonyl (C=O) groups excluding carboxylic acids is 5. The maximum atomic E-state index is 12.7. The summed E-state index contributed by atoms with van der Waals surface area (Å²) in [5.41, 5.74) is -1.24. The lowest BCUT2D eigenvalue weighted by atomic mass is 9.83. The Bertz CT molecular complexity index is 1290. The summed E-state index contributed by atoms with van der Waals surface area (Å²) in [6.45, 7) is 11.5. The number of rotatable bonds is 7. The first-order valence-corrected chi connectivity index (χ1v) is 13.8. The molecule has 2 fully saturated rings. The van der Waals surface area contributed by atoms with E-state index in [9.17, 15) is 24.0 Å². The second-order valence-corrected chi connectivity index (χ2v) is 10.4. The summed E-state index contributed by atoms with van der Waals surface area (Å²) in [5, 5.41) is 0. The predicted octanol–water partition coefficient (Wildman–Crippen LogP) is 5.44. The molecule has 2 aliphatic rings. The second-order valence-electron chi connectivity index (χ2n) is 10.4. The van der Waals surface area contributed by atoms with Crippen molar-refractivity contribution in [2.45, 2.75) is 64.5 Å². The van der Waals surface area contributed by atoms with Gasteiger partial charge in [-0.1, -0.05) is 62.6 Å². The second kappa shape index (κ2) is 15.1. The Hall–Kier alpha value is -4.33. The van der Waals surface area contributed by atoms with Crippen LogP contribution in [0.4, 0.5) is 0 Å². The molecule has 224 valence electrons. The zero-order valence-corrected chi connectivity index (χ0v) is 23.8. The molecule has 0 saturated carbocycles. The van der Waals surface area contributed by atoms with Gasteiger partial charge in [-0.25, -0.2) is 4.79 Å². The molecule has 0 N–H and O–H groups in total. The van der Waals surface area contributed by atoms with Crippen LogP contribution in [0.1, 0.15) is 74.1 Å². The molecular weight excluding hydrogens is 532 g/mol. The minimum Gasteiger partial charge on any atom is -0.459 e. The molecule has 0 aromatic heterocycles. The largest absolute Gasteiger partial charge is 0.459 e. The number of Topliss-reactive ketones (excluding diaryl/α,β-unsaturated/α-hetero) is 2. The van der Waals surface area contributed by atoms with E-state index in [2.05, 4.69) is 13.2 Å². The number of ether oxygens (including phenoxy) is 1. The SMILES string of the molecule is C.C=CCOC(=O)C1(C)C(=O)CCCN1C(=O)c1ccccc1.C=CC[C@@]1(C)C(=O)CCCN1C(=O)c1ccccc1. The highest BCUT2D eigenvalue weighted by atomic mass is 16.5.